The van der Waals surface area contributed by atoms with Crippen LogP contribution in [-0.4, -0.2) is 79.5 Å². The normalized spacial score (nSPS) is 20.6. The number of carbonyl (C=O) groups is 1. The molecule has 1 fully saturated rings. The van der Waals surface area contributed by atoms with Crippen molar-refractivity contribution in [2.45, 2.75) is 44.7 Å². The fraction of sp³-hybridized carbons (Fsp3) is 0.536. The van der Waals surface area contributed by atoms with Gasteiger partial charge in [-0.1, -0.05) is 42.5 Å². The molecule has 0 N–H and O–H groups in total. The number of para-hydroxylation sites is 1. The van der Waals surface area contributed by atoms with Crippen LogP contribution in [0.4, 0.5) is 5.69 Å². The monoisotopic (exact) mass is 446 g/mol. The summed E-state index contributed by atoms with van der Waals surface area (Å²) >= 11 is 0. The van der Waals surface area contributed by atoms with Gasteiger partial charge < -0.3 is 14.7 Å². The Hall–Kier alpha value is -2.37. The Morgan fingerprint density at radius 3 is 2.55 bits per heavy atom. The molecule has 0 aliphatic carbocycles. The lowest BCUT2D eigenvalue weighted by Crippen LogP contribution is -2.48. The number of rotatable bonds is 6. The number of aryl methyl sites for hydroxylation is 1. The molecule has 0 saturated carbocycles. The molecule has 1 amide bonds. The van der Waals surface area contributed by atoms with Crippen molar-refractivity contribution in [3.63, 3.8) is 0 Å². The van der Waals surface area contributed by atoms with Crippen molar-refractivity contribution in [2.75, 3.05) is 57.8 Å². The number of hydrogen-bond donors (Lipinski definition) is 0. The molecule has 0 aromatic heterocycles. The molecule has 2 aromatic carbocycles. The molecule has 33 heavy (non-hydrogen) atoms. The van der Waals surface area contributed by atoms with Crippen LogP contribution in [0, 0.1) is 0 Å². The van der Waals surface area contributed by atoms with E-state index in [1.807, 2.05) is 6.07 Å². The summed E-state index contributed by atoms with van der Waals surface area (Å²) in [5.74, 6) is 0.215. The smallest absolute Gasteiger partial charge is 0.256 e. The zero-order chi connectivity index (χ0) is 22.8. The third-order valence-corrected chi connectivity index (χ3v) is 8.03. The van der Waals surface area contributed by atoms with Crippen LogP contribution in [0.2, 0.25) is 0 Å². The fourth-order valence-corrected chi connectivity index (χ4v) is 6.04. The largest absolute Gasteiger partial charge is 0.369 e. The highest BCUT2D eigenvalue weighted by Gasteiger charge is 2.32. The first-order valence-electron chi connectivity index (χ1n) is 12.8. The summed E-state index contributed by atoms with van der Waals surface area (Å²) in [7, 11) is 2.22. The minimum atomic E-state index is 0.215. The van der Waals surface area contributed by atoms with Gasteiger partial charge in [0, 0.05) is 44.8 Å². The lowest BCUT2D eigenvalue weighted by atomic mass is 9.97. The van der Waals surface area contributed by atoms with Crippen LogP contribution in [0.5, 0.6) is 0 Å². The number of amides is 1. The van der Waals surface area contributed by atoms with Crippen LogP contribution in [-0.2, 0) is 6.42 Å². The number of likely N-dealkylation sites (tertiary alicyclic amines) is 1. The molecule has 176 valence electrons. The first kappa shape index (κ1) is 22.4. The molecule has 3 aliphatic heterocycles. The number of hydrogen-bond acceptors (Lipinski definition) is 4. The third kappa shape index (κ3) is 4.67. The predicted molar refractivity (Wildman–Crippen MR) is 135 cm³/mol. The van der Waals surface area contributed by atoms with Crippen molar-refractivity contribution in [1.29, 1.82) is 0 Å². The van der Waals surface area contributed by atoms with Gasteiger partial charge in [0.1, 0.15) is 0 Å². The molecule has 1 unspecified atom stereocenters. The highest BCUT2D eigenvalue weighted by molar-refractivity contribution is 6.01. The molecule has 5 heteroatoms. The van der Waals surface area contributed by atoms with Gasteiger partial charge in [0.25, 0.3) is 5.91 Å². The number of carbonyl (C=O) groups excluding carboxylic acids is 1. The Balaban J connectivity index is 1.35. The van der Waals surface area contributed by atoms with Gasteiger partial charge in [-0.3, -0.25) is 9.69 Å². The van der Waals surface area contributed by atoms with E-state index >= 15 is 0 Å². The summed E-state index contributed by atoms with van der Waals surface area (Å²) < 4.78 is 0. The molecule has 2 aromatic rings. The standard InChI is InChI=1S/C28H38N4O/c1-22(23-8-4-3-5-9-23)32(25-13-16-29(2)17-14-25)21-20-31-19-18-30-15-7-11-24-10-6-12-26(27(24)30)28(31)33/h3-6,8-10,12,22,25H,7,11,13-21H2,1-2H3. The van der Waals surface area contributed by atoms with E-state index in [2.05, 4.69) is 76.0 Å². The molecule has 3 aliphatic rings. The van der Waals surface area contributed by atoms with Gasteiger partial charge in [-0.2, -0.15) is 0 Å². The highest BCUT2D eigenvalue weighted by Crippen LogP contribution is 2.34. The Labute approximate surface area is 199 Å². The molecule has 1 saturated heterocycles. The molecule has 1 atom stereocenters. The first-order chi connectivity index (χ1) is 16.1. The second kappa shape index (κ2) is 9.86. The minimum Gasteiger partial charge on any atom is -0.369 e. The molecule has 5 rings (SSSR count). The SMILES string of the molecule is CC(c1ccccc1)N(CCN1CCN2CCCc3cccc(c32)C1=O)C1CCN(C)CC1. The van der Waals surface area contributed by atoms with Crippen molar-refractivity contribution in [3.05, 3.63) is 65.2 Å². The van der Waals surface area contributed by atoms with Crippen molar-refractivity contribution < 1.29 is 4.79 Å². The zero-order valence-electron chi connectivity index (χ0n) is 20.2. The van der Waals surface area contributed by atoms with E-state index in [9.17, 15) is 4.79 Å². The van der Waals surface area contributed by atoms with Crippen molar-refractivity contribution in [1.82, 2.24) is 14.7 Å². The molecule has 3 heterocycles. The number of benzene rings is 2. The van der Waals surface area contributed by atoms with Crippen LogP contribution >= 0.6 is 0 Å². The zero-order valence-corrected chi connectivity index (χ0v) is 20.2. The van der Waals surface area contributed by atoms with Gasteiger partial charge in [-0.25, -0.2) is 0 Å². The number of anilines is 1. The molecular weight excluding hydrogens is 408 g/mol. The van der Waals surface area contributed by atoms with Crippen LogP contribution in [0.3, 0.4) is 0 Å². The third-order valence-electron chi connectivity index (χ3n) is 8.03. The first-order valence-corrected chi connectivity index (χ1v) is 12.8. The molecule has 0 spiro atoms. The number of nitrogens with zero attached hydrogens (tertiary/aromatic N) is 4. The van der Waals surface area contributed by atoms with E-state index in [0.29, 0.717) is 12.1 Å². The Morgan fingerprint density at radius 1 is 0.970 bits per heavy atom. The summed E-state index contributed by atoms with van der Waals surface area (Å²) in [6, 6.07) is 18.1. The summed E-state index contributed by atoms with van der Waals surface area (Å²) in [6.45, 7) is 9.17. The van der Waals surface area contributed by atoms with E-state index in [1.54, 1.807) is 0 Å². The second-order valence-corrected chi connectivity index (χ2v) is 10.1. The van der Waals surface area contributed by atoms with E-state index in [-0.39, 0.29) is 5.91 Å². The van der Waals surface area contributed by atoms with E-state index in [0.717, 1.165) is 57.8 Å². The molecule has 0 bridgehead atoms. The average molecular weight is 447 g/mol. The maximum Gasteiger partial charge on any atom is 0.256 e. The Bertz CT molecular complexity index is 954. The van der Waals surface area contributed by atoms with Gasteiger partial charge in [0.05, 0.1) is 11.3 Å². The van der Waals surface area contributed by atoms with E-state index in [1.165, 1.54) is 36.1 Å². The van der Waals surface area contributed by atoms with Gasteiger partial charge in [0.2, 0.25) is 0 Å². The van der Waals surface area contributed by atoms with Crippen LogP contribution in [0.15, 0.2) is 48.5 Å². The van der Waals surface area contributed by atoms with Crippen molar-refractivity contribution in [2.24, 2.45) is 0 Å². The maximum absolute atomic E-state index is 13.6. The van der Waals surface area contributed by atoms with Crippen molar-refractivity contribution in [3.8, 4) is 0 Å². The molecular formula is C28H38N4O. The summed E-state index contributed by atoms with van der Waals surface area (Å²) in [4.78, 5) is 23.3. The quantitative estimate of drug-likeness (QED) is 0.670. The van der Waals surface area contributed by atoms with E-state index in [4.69, 9.17) is 0 Å². The average Bonchev–Trinajstić information content (AvgIpc) is 2.99. The van der Waals surface area contributed by atoms with E-state index < -0.39 is 0 Å². The van der Waals surface area contributed by atoms with Gasteiger partial charge in [-0.05, 0) is 69.9 Å². The van der Waals surface area contributed by atoms with Gasteiger partial charge in [-0.15, -0.1) is 0 Å². The van der Waals surface area contributed by atoms with Crippen LogP contribution in [0.25, 0.3) is 0 Å². The second-order valence-electron chi connectivity index (χ2n) is 10.1. The summed E-state index contributed by atoms with van der Waals surface area (Å²) in [6.07, 6.45) is 4.66. The van der Waals surface area contributed by atoms with Crippen LogP contribution < -0.4 is 4.90 Å². The lowest BCUT2D eigenvalue weighted by molar-refractivity contribution is 0.0611. The maximum atomic E-state index is 13.6. The highest BCUT2D eigenvalue weighted by atomic mass is 16.2. The van der Waals surface area contributed by atoms with Gasteiger partial charge >= 0.3 is 0 Å². The topological polar surface area (TPSA) is 30.0 Å². The summed E-state index contributed by atoms with van der Waals surface area (Å²) in [5, 5.41) is 0. The number of piperidine rings is 1. The Morgan fingerprint density at radius 2 is 1.76 bits per heavy atom. The molecule has 0 radical (unpaired) electrons. The fourth-order valence-electron chi connectivity index (χ4n) is 6.04. The minimum absolute atomic E-state index is 0.215. The van der Waals surface area contributed by atoms with Gasteiger partial charge in [0.15, 0.2) is 0 Å². The van der Waals surface area contributed by atoms with Crippen molar-refractivity contribution >= 4 is 11.6 Å². The molecule has 5 nitrogen and oxygen atoms in total. The summed E-state index contributed by atoms with van der Waals surface area (Å²) in [5.41, 5.74) is 4.83. The van der Waals surface area contributed by atoms with Crippen LogP contribution in [0.1, 0.15) is 53.7 Å². The lowest BCUT2D eigenvalue weighted by Gasteiger charge is -2.41. The predicted octanol–water partition coefficient (Wildman–Crippen LogP) is 4.05. The Kier molecular flexibility index (Phi) is 6.70.